The molecule has 0 saturated carbocycles. The Balaban J connectivity index is 1.87. The number of carbonyl (C=O) groups is 4. The van der Waals surface area contributed by atoms with Crippen LogP contribution in [-0.4, -0.2) is 40.8 Å². The molecule has 3 N–H and O–H groups in total. The predicted molar refractivity (Wildman–Crippen MR) is 120 cm³/mol. The van der Waals surface area contributed by atoms with Crippen LogP contribution in [0.25, 0.3) is 11.1 Å². The largest absolute Gasteiger partial charge is 0.480 e. The van der Waals surface area contributed by atoms with Gasteiger partial charge in [-0.15, -0.1) is 0 Å². The first kappa shape index (κ1) is 23.2. The molecule has 1 aliphatic carbocycles. The summed E-state index contributed by atoms with van der Waals surface area (Å²) >= 11 is 0. The van der Waals surface area contributed by atoms with Crippen LogP contribution < -0.4 is 10.6 Å². The first-order valence-corrected chi connectivity index (χ1v) is 10.7. The number of carboxylic acid groups (broad SMARTS) is 1. The molecule has 7 nitrogen and oxygen atoms in total. The third-order valence-electron chi connectivity index (χ3n) is 5.55. The lowest BCUT2D eigenvalue weighted by molar-refractivity contribution is -0.142. The van der Waals surface area contributed by atoms with E-state index in [1.165, 1.54) is 0 Å². The minimum absolute atomic E-state index is 0.0769. The van der Waals surface area contributed by atoms with Gasteiger partial charge in [-0.2, -0.15) is 0 Å². The summed E-state index contributed by atoms with van der Waals surface area (Å²) in [6.45, 7) is 7.30. The molecule has 0 fully saturated rings. The first-order chi connectivity index (χ1) is 15.1. The van der Waals surface area contributed by atoms with E-state index in [4.69, 9.17) is 0 Å². The summed E-state index contributed by atoms with van der Waals surface area (Å²) < 4.78 is 0. The average Bonchev–Trinajstić information content (AvgIpc) is 3.03. The van der Waals surface area contributed by atoms with Crippen molar-refractivity contribution < 1.29 is 24.3 Å². The number of ketones is 1. The van der Waals surface area contributed by atoms with E-state index in [0.29, 0.717) is 27.8 Å². The summed E-state index contributed by atoms with van der Waals surface area (Å²) in [5.41, 5.74) is 2.53. The number of hydrogen-bond acceptors (Lipinski definition) is 4. The Bertz CT molecular complexity index is 1070. The Hall–Kier alpha value is -3.48. The Morgan fingerprint density at radius 1 is 0.875 bits per heavy atom. The SMILES string of the molecule is CC(C)CC(NC(=O)C(NC(=O)c1cccc2c1-c1ccccc1C2=O)C(C)C)C(=O)O. The maximum absolute atomic E-state index is 13.2. The Morgan fingerprint density at radius 2 is 1.50 bits per heavy atom. The molecule has 0 heterocycles. The molecule has 0 aliphatic heterocycles. The number of amides is 2. The zero-order valence-corrected chi connectivity index (χ0v) is 18.6. The topological polar surface area (TPSA) is 113 Å². The summed E-state index contributed by atoms with van der Waals surface area (Å²) in [6, 6.07) is 10.1. The van der Waals surface area contributed by atoms with Crippen LogP contribution in [0.15, 0.2) is 42.5 Å². The molecule has 2 aromatic rings. The number of fused-ring (bicyclic) bond motifs is 3. The Morgan fingerprint density at radius 3 is 2.09 bits per heavy atom. The smallest absolute Gasteiger partial charge is 0.326 e. The molecular weight excluding hydrogens is 408 g/mol. The Labute approximate surface area is 187 Å². The van der Waals surface area contributed by atoms with Gasteiger partial charge in [0.2, 0.25) is 5.91 Å². The number of rotatable bonds is 8. The van der Waals surface area contributed by atoms with Crippen LogP contribution in [0, 0.1) is 11.8 Å². The standard InChI is InChI=1S/C25H28N2O5/c1-13(2)12-19(25(31)32)26-24(30)21(14(3)4)27-23(29)18-11-7-10-17-20(18)15-8-5-6-9-16(15)22(17)28/h5-11,13-14,19,21H,12H2,1-4H3,(H,26,30)(H,27,29)(H,31,32). The van der Waals surface area contributed by atoms with Gasteiger partial charge in [-0.1, -0.05) is 64.1 Å². The molecule has 168 valence electrons. The van der Waals surface area contributed by atoms with Crippen molar-refractivity contribution in [2.45, 2.75) is 46.2 Å². The van der Waals surface area contributed by atoms with Crippen molar-refractivity contribution in [1.29, 1.82) is 0 Å². The molecule has 2 amide bonds. The van der Waals surface area contributed by atoms with Crippen LogP contribution in [0.5, 0.6) is 0 Å². The highest BCUT2D eigenvalue weighted by molar-refractivity contribution is 6.24. The second-order valence-electron chi connectivity index (χ2n) is 8.83. The molecule has 0 bridgehead atoms. The van der Waals surface area contributed by atoms with E-state index < -0.39 is 29.9 Å². The van der Waals surface area contributed by atoms with Crippen molar-refractivity contribution in [3.63, 3.8) is 0 Å². The molecule has 0 radical (unpaired) electrons. The van der Waals surface area contributed by atoms with Crippen molar-refractivity contribution in [3.05, 3.63) is 59.2 Å². The quantitative estimate of drug-likeness (QED) is 0.502. The number of carbonyl (C=O) groups excluding carboxylic acids is 3. The lowest BCUT2D eigenvalue weighted by Gasteiger charge is -2.25. The zero-order valence-electron chi connectivity index (χ0n) is 18.6. The third kappa shape index (κ3) is 4.56. The molecule has 2 unspecified atom stereocenters. The van der Waals surface area contributed by atoms with Crippen molar-refractivity contribution in [2.24, 2.45) is 11.8 Å². The molecule has 32 heavy (non-hydrogen) atoms. The van der Waals surface area contributed by atoms with Crippen molar-refractivity contribution in [2.75, 3.05) is 0 Å². The van der Waals surface area contributed by atoms with E-state index >= 15 is 0 Å². The molecule has 1 aliphatic rings. The van der Waals surface area contributed by atoms with Crippen molar-refractivity contribution >= 4 is 23.6 Å². The van der Waals surface area contributed by atoms with Gasteiger partial charge in [-0.05, 0) is 29.9 Å². The van der Waals surface area contributed by atoms with E-state index in [9.17, 15) is 24.3 Å². The summed E-state index contributed by atoms with van der Waals surface area (Å²) in [5, 5.41) is 14.7. The maximum Gasteiger partial charge on any atom is 0.326 e. The van der Waals surface area contributed by atoms with Gasteiger partial charge < -0.3 is 15.7 Å². The van der Waals surface area contributed by atoms with Gasteiger partial charge in [0.1, 0.15) is 12.1 Å². The van der Waals surface area contributed by atoms with Crippen LogP contribution >= 0.6 is 0 Å². The fourth-order valence-corrected chi connectivity index (χ4v) is 3.97. The van der Waals surface area contributed by atoms with E-state index in [-0.39, 0.29) is 24.0 Å². The van der Waals surface area contributed by atoms with Gasteiger partial charge in [0.05, 0.1) is 0 Å². The summed E-state index contributed by atoms with van der Waals surface area (Å²) in [6.07, 6.45) is 0.283. The monoisotopic (exact) mass is 436 g/mol. The highest BCUT2D eigenvalue weighted by atomic mass is 16.4. The summed E-state index contributed by atoms with van der Waals surface area (Å²) in [4.78, 5) is 50.4. The fraction of sp³-hybridized carbons (Fsp3) is 0.360. The molecule has 0 aromatic heterocycles. The van der Waals surface area contributed by atoms with E-state index in [1.807, 2.05) is 13.8 Å². The molecule has 0 saturated heterocycles. The second kappa shape index (κ2) is 9.34. The van der Waals surface area contributed by atoms with Crippen molar-refractivity contribution in [3.8, 4) is 11.1 Å². The van der Waals surface area contributed by atoms with E-state index in [2.05, 4.69) is 10.6 Å². The van der Waals surface area contributed by atoms with Gasteiger partial charge in [0, 0.05) is 22.3 Å². The van der Waals surface area contributed by atoms with Gasteiger partial charge >= 0.3 is 5.97 Å². The first-order valence-electron chi connectivity index (χ1n) is 10.7. The van der Waals surface area contributed by atoms with Gasteiger partial charge in [0.15, 0.2) is 5.78 Å². The highest BCUT2D eigenvalue weighted by Crippen LogP contribution is 2.38. The molecule has 2 atom stereocenters. The van der Waals surface area contributed by atoms with Crippen molar-refractivity contribution in [1.82, 2.24) is 10.6 Å². The van der Waals surface area contributed by atoms with E-state index in [1.54, 1.807) is 56.3 Å². The number of nitrogens with one attached hydrogen (secondary N) is 2. The minimum Gasteiger partial charge on any atom is -0.480 e. The molecular formula is C25H28N2O5. The number of benzene rings is 2. The Kier molecular flexibility index (Phi) is 6.77. The van der Waals surface area contributed by atoms with E-state index in [0.717, 1.165) is 0 Å². The predicted octanol–water partition coefficient (Wildman–Crippen LogP) is 3.27. The van der Waals surface area contributed by atoms with Gasteiger partial charge in [0.25, 0.3) is 5.91 Å². The minimum atomic E-state index is -1.11. The highest BCUT2D eigenvalue weighted by Gasteiger charge is 2.33. The average molecular weight is 437 g/mol. The van der Waals surface area contributed by atoms with Crippen LogP contribution in [0.4, 0.5) is 0 Å². The maximum atomic E-state index is 13.2. The van der Waals surface area contributed by atoms with Gasteiger partial charge in [-0.3, -0.25) is 14.4 Å². The van der Waals surface area contributed by atoms with Gasteiger partial charge in [-0.25, -0.2) is 4.79 Å². The number of hydrogen-bond donors (Lipinski definition) is 3. The van der Waals surface area contributed by atoms with Crippen LogP contribution in [-0.2, 0) is 9.59 Å². The lowest BCUT2D eigenvalue weighted by atomic mass is 9.97. The molecule has 7 heteroatoms. The third-order valence-corrected chi connectivity index (χ3v) is 5.55. The van der Waals surface area contributed by atoms with Crippen LogP contribution in [0.1, 0.15) is 60.4 Å². The zero-order chi connectivity index (χ0) is 23.6. The molecule has 0 spiro atoms. The molecule has 3 rings (SSSR count). The second-order valence-corrected chi connectivity index (χ2v) is 8.83. The fourth-order valence-electron chi connectivity index (χ4n) is 3.97. The lowest BCUT2D eigenvalue weighted by Crippen LogP contribution is -2.54. The summed E-state index contributed by atoms with van der Waals surface area (Å²) in [7, 11) is 0. The normalized spacial score (nSPS) is 14.0. The van der Waals surface area contributed by atoms with Crippen LogP contribution in [0.3, 0.4) is 0 Å². The molecule has 2 aromatic carbocycles. The summed E-state index contributed by atoms with van der Waals surface area (Å²) in [5.74, 6) is -2.49. The number of carboxylic acids is 1. The van der Waals surface area contributed by atoms with Crippen LogP contribution in [0.2, 0.25) is 0 Å². The number of aliphatic carboxylic acids is 1.